The van der Waals surface area contributed by atoms with Crippen LogP contribution >= 0.6 is 31.9 Å². The maximum atomic E-state index is 12.0. The molecule has 2 aromatic rings. The quantitative estimate of drug-likeness (QED) is 0.664. The highest BCUT2D eigenvalue weighted by atomic mass is 79.9. The zero-order chi connectivity index (χ0) is 13.1. The lowest BCUT2D eigenvalue weighted by Gasteiger charge is -2.03. The fraction of sp³-hybridized carbons (Fsp3) is 0.0769. The number of hydrogen-bond donors (Lipinski definition) is 1. The summed E-state index contributed by atoms with van der Waals surface area (Å²) >= 11 is 6.62. The number of nitrogens with zero attached hydrogens (tertiary/aromatic N) is 1. The van der Waals surface area contributed by atoms with E-state index in [0.29, 0.717) is 11.3 Å². The van der Waals surface area contributed by atoms with E-state index in [2.05, 4.69) is 36.8 Å². The molecule has 2 N–H and O–H groups in total. The van der Waals surface area contributed by atoms with E-state index in [9.17, 15) is 4.79 Å². The minimum Gasteiger partial charge on any atom is -0.398 e. The van der Waals surface area contributed by atoms with Crippen LogP contribution in [0.1, 0.15) is 16.1 Å². The van der Waals surface area contributed by atoms with Gasteiger partial charge in [-0.05, 0) is 62.2 Å². The number of benzene rings is 1. The van der Waals surface area contributed by atoms with Crippen molar-refractivity contribution >= 4 is 43.3 Å². The molecule has 1 aromatic carbocycles. The van der Waals surface area contributed by atoms with Crippen LogP contribution in [-0.4, -0.2) is 10.8 Å². The highest BCUT2D eigenvalue weighted by molar-refractivity contribution is 9.10. The van der Waals surface area contributed by atoms with Crippen LogP contribution in [0, 0.1) is 0 Å². The van der Waals surface area contributed by atoms with Crippen molar-refractivity contribution in [3.63, 3.8) is 0 Å². The molecule has 0 unspecified atom stereocenters. The van der Waals surface area contributed by atoms with Crippen LogP contribution < -0.4 is 5.73 Å². The highest BCUT2D eigenvalue weighted by Crippen LogP contribution is 2.21. The number of ketones is 1. The van der Waals surface area contributed by atoms with E-state index in [1.165, 1.54) is 0 Å². The smallest absolute Gasteiger partial charge is 0.168 e. The van der Waals surface area contributed by atoms with Gasteiger partial charge in [-0.25, -0.2) is 0 Å². The Hall–Kier alpha value is -1.20. The van der Waals surface area contributed by atoms with Crippen LogP contribution in [-0.2, 0) is 6.42 Å². The third-order valence-electron chi connectivity index (χ3n) is 2.45. The molecule has 0 bridgehead atoms. The number of anilines is 1. The Morgan fingerprint density at radius 1 is 1.22 bits per heavy atom. The fourth-order valence-electron chi connectivity index (χ4n) is 1.48. The summed E-state index contributed by atoms with van der Waals surface area (Å²) in [6.07, 6.45) is 1.96. The first kappa shape index (κ1) is 13.2. The molecule has 18 heavy (non-hydrogen) atoms. The monoisotopic (exact) mass is 368 g/mol. The van der Waals surface area contributed by atoms with Crippen molar-refractivity contribution in [3.05, 3.63) is 56.7 Å². The second kappa shape index (κ2) is 5.63. The summed E-state index contributed by atoms with van der Waals surface area (Å²) in [7, 11) is 0. The lowest BCUT2D eigenvalue weighted by Crippen LogP contribution is -2.05. The fourth-order valence-corrected chi connectivity index (χ4v) is 2.09. The van der Waals surface area contributed by atoms with Gasteiger partial charge in [-0.3, -0.25) is 9.78 Å². The Morgan fingerprint density at radius 3 is 2.61 bits per heavy atom. The number of hydrogen-bond acceptors (Lipinski definition) is 3. The minimum atomic E-state index is 0.0190. The number of aromatic nitrogens is 1. The molecule has 1 heterocycles. The highest BCUT2D eigenvalue weighted by Gasteiger charge is 2.09. The number of carbonyl (C=O) groups excluding carboxylic acids is 1. The standard InChI is InChI=1S/C13H10Br2N2O/c14-9-2-3-10(17-7-9)6-13(18)8-1-4-12(16)11(15)5-8/h1-5,7H,6,16H2. The van der Waals surface area contributed by atoms with Crippen molar-refractivity contribution in [1.29, 1.82) is 0 Å². The van der Waals surface area contributed by atoms with Gasteiger partial charge in [0, 0.05) is 32.1 Å². The maximum absolute atomic E-state index is 12.0. The first-order valence-electron chi connectivity index (χ1n) is 5.25. The van der Waals surface area contributed by atoms with Gasteiger partial charge in [-0.15, -0.1) is 0 Å². The Kier molecular flexibility index (Phi) is 4.14. The number of Topliss-reactive ketones (excluding diaryl/α,β-unsaturated/α-hetero) is 1. The number of nitrogens with two attached hydrogens (primary N) is 1. The molecule has 0 saturated carbocycles. The van der Waals surface area contributed by atoms with Crippen molar-refractivity contribution < 1.29 is 4.79 Å². The third-order valence-corrected chi connectivity index (χ3v) is 3.61. The molecule has 0 radical (unpaired) electrons. The van der Waals surface area contributed by atoms with Gasteiger partial charge in [0.05, 0.1) is 6.42 Å². The predicted molar refractivity (Wildman–Crippen MR) is 78.5 cm³/mol. The van der Waals surface area contributed by atoms with E-state index in [-0.39, 0.29) is 12.2 Å². The summed E-state index contributed by atoms with van der Waals surface area (Å²) in [6.45, 7) is 0. The van der Waals surface area contributed by atoms with Crippen molar-refractivity contribution in [3.8, 4) is 0 Å². The molecule has 0 aliphatic heterocycles. The molecule has 0 atom stereocenters. The van der Waals surface area contributed by atoms with Gasteiger partial charge in [0.25, 0.3) is 0 Å². The van der Waals surface area contributed by atoms with Gasteiger partial charge in [0.15, 0.2) is 5.78 Å². The first-order valence-corrected chi connectivity index (χ1v) is 6.83. The van der Waals surface area contributed by atoms with E-state index in [4.69, 9.17) is 5.73 Å². The van der Waals surface area contributed by atoms with Crippen LogP contribution in [0.3, 0.4) is 0 Å². The minimum absolute atomic E-state index is 0.0190. The predicted octanol–water partition coefficient (Wildman–Crippen LogP) is 3.61. The summed E-state index contributed by atoms with van der Waals surface area (Å²) in [4.78, 5) is 16.2. The first-order chi connectivity index (χ1) is 8.56. The van der Waals surface area contributed by atoms with Crippen molar-refractivity contribution in [1.82, 2.24) is 4.98 Å². The average molecular weight is 370 g/mol. The molecule has 2 rings (SSSR count). The van der Waals surface area contributed by atoms with E-state index < -0.39 is 0 Å². The molecule has 5 heteroatoms. The molecule has 0 spiro atoms. The largest absolute Gasteiger partial charge is 0.398 e. The van der Waals surface area contributed by atoms with Gasteiger partial charge in [-0.2, -0.15) is 0 Å². The van der Waals surface area contributed by atoms with E-state index in [1.807, 2.05) is 12.1 Å². The zero-order valence-corrected chi connectivity index (χ0v) is 12.5. The van der Waals surface area contributed by atoms with Gasteiger partial charge in [-0.1, -0.05) is 0 Å². The number of pyridine rings is 1. The van der Waals surface area contributed by atoms with E-state index >= 15 is 0 Å². The molecule has 0 aliphatic carbocycles. The Balaban J connectivity index is 2.16. The summed E-state index contributed by atoms with van der Waals surface area (Å²) in [5.41, 5.74) is 7.67. The summed E-state index contributed by atoms with van der Waals surface area (Å²) in [5, 5.41) is 0. The van der Waals surface area contributed by atoms with Gasteiger partial charge < -0.3 is 5.73 Å². The summed E-state index contributed by atoms with van der Waals surface area (Å²) < 4.78 is 1.63. The lowest BCUT2D eigenvalue weighted by atomic mass is 10.1. The molecule has 0 saturated heterocycles. The molecular weight excluding hydrogens is 360 g/mol. The number of halogens is 2. The molecule has 0 amide bonds. The van der Waals surface area contributed by atoms with Crippen LogP contribution in [0.2, 0.25) is 0 Å². The van der Waals surface area contributed by atoms with Crippen molar-refractivity contribution in [2.45, 2.75) is 6.42 Å². The molecule has 0 aliphatic rings. The van der Waals surface area contributed by atoms with Crippen molar-refractivity contribution in [2.75, 3.05) is 5.73 Å². The topological polar surface area (TPSA) is 56.0 Å². The third kappa shape index (κ3) is 3.17. The molecule has 3 nitrogen and oxygen atoms in total. The SMILES string of the molecule is Nc1ccc(C(=O)Cc2ccc(Br)cn2)cc1Br. The summed E-state index contributed by atoms with van der Waals surface area (Å²) in [5.74, 6) is 0.0190. The number of carbonyl (C=O) groups is 1. The maximum Gasteiger partial charge on any atom is 0.168 e. The van der Waals surface area contributed by atoms with Crippen molar-refractivity contribution in [2.24, 2.45) is 0 Å². The second-order valence-corrected chi connectivity index (χ2v) is 5.57. The zero-order valence-electron chi connectivity index (χ0n) is 9.36. The van der Waals surface area contributed by atoms with Crippen LogP contribution in [0.5, 0.6) is 0 Å². The van der Waals surface area contributed by atoms with E-state index in [0.717, 1.165) is 14.6 Å². The molecule has 0 fully saturated rings. The lowest BCUT2D eigenvalue weighted by molar-refractivity contribution is 0.0992. The second-order valence-electron chi connectivity index (χ2n) is 3.80. The Labute approximate surface area is 122 Å². The van der Waals surface area contributed by atoms with Crippen LogP contribution in [0.4, 0.5) is 5.69 Å². The van der Waals surface area contributed by atoms with E-state index in [1.54, 1.807) is 24.4 Å². The average Bonchev–Trinajstić information content (AvgIpc) is 2.35. The van der Waals surface area contributed by atoms with Gasteiger partial charge in [0.1, 0.15) is 0 Å². The van der Waals surface area contributed by atoms with Gasteiger partial charge >= 0.3 is 0 Å². The summed E-state index contributed by atoms with van der Waals surface area (Å²) in [6, 6.07) is 8.87. The Bertz CT molecular complexity index is 582. The normalized spacial score (nSPS) is 10.3. The van der Waals surface area contributed by atoms with Crippen LogP contribution in [0.25, 0.3) is 0 Å². The van der Waals surface area contributed by atoms with Crippen LogP contribution in [0.15, 0.2) is 45.5 Å². The molecule has 92 valence electrons. The molecule has 1 aromatic heterocycles. The number of nitrogen functional groups attached to an aromatic ring is 1. The number of rotatable bonds is 3. The Morgan fingerprint density at radius 2 is 2.00 bits per heavy atom. The van der Waals surface area contributed by atoms with Gasteiger partial charge in [0.2, 0.25) is 0 Å². The molecular formula is C13H10Br2N2O.